The van der Waals surface area contributed by atoms with Crippen LogP contribution in [0.3, 0.4) is 0 Å². The van der Waals surface area contributed by atoms with Gasteiger partial charge in [0.1, 0.15) is 18.7 Å². The highest BCUT2D eigenvalue weighted by atomic mass is 16.5. The Hall–Kier alpha value is -3.32. The van der Waals surface area contributed by atoms with Crippen LogP contribution in [0.1, 0.15) is 0 Å². The van der Waals surface area contributed by atoms with E-state index in [2.05, 4.69) is 19.9 Å². The van der Waals surface area contributed by atoms with Gasteiger partial charge in [0.05, 0.1) is 18.0 Å². The predicted molar refractivity (Wildman–Crippen MR) is 109 cm³/mol. The number of H-pyrrole nitrogens is 1. The van der Waals surface area contributed by atoms with E-state index in [-0.39, 0.29) is 0 Å². The van der Waals surface area contributed by atoms with E-state index in [9.17, 15) is 0 Å². The number of aromatic amines is 1. The molecule has 28 heavy (non-hydrogen) atoms. The lowest BCUT2D eigenvalue weighted by Crippen LogP contribution is -2.19. The molecule has 0 radical (unpaired) electrons. The van der Waals surface area contributed by atoms with Gasteiger partial charge in [-0.2, -0.15) is 0 Å². The average Bonchev–Trinajstić information content (AvgIpc) is 3.15. The summed E-state index contributed by atoms with van der Waals surface area (Å²) < 4.78 is 17.4. The first-order chi connectivity index (χ1) is 13.6. The largest absolute Gasteiger partial charge is 0.493 e. The second-order valence-corrected chi connectivity index (χ2v) is 6.68. The van der Waals surface area contributed by atoms with Crippen molar-refractivity contribution in [2.45, 2.75) is 0 Å². The van der Waals surface area contributed by atoms with Crippen molar-refractivity contribution < 1.29 is 14.2 Å². The van der Waals surface area contributed by atoms with Crippen molar-refractivity contribution in [2.75, 3.05) is 34.4 Å². The molecule has 2 aromatic heterocycles. The maximum absolute atomic E-state index is 6.05. The fraction of sp³-hybridized carbons (Fsp3) is 0.238. The van der Waals surface area contributed by atoms with Gasteiger partial charge in [0.15, 0.2) is 11.5 Å². The molecule has 0 atom stereocenters. The SMILES string of the molecule is COc1cc2c(Oc3ccc4[nH]ccc4c3)ncnc2cc1OCCN(C)C. The number of hydrogen-bond donors (Lipinski definition) is 1. The maximum atomic E-state index is 6.05. The van der Waals surface area contributed by atoms with Gasteiger partial charge in [0.2, 0.25) is 5.88 Å². The first-order valence-corrected chi connectivity index (χ1v) is 8.99. The lowest BCUT2D eigenvalue weighted by atomic mass is 10.2. The van der Waals surface area contributed by atoms with Crippen LogP contribution < -0.4 is 14.2 Å². The van der Waals surface area contributed by atoms with E-state index >= 15 is 0 Å². The zero-order chi connectivity index (χ0) is 19.5. The molecule has 1 N–H and O–H groups in total. The molecule has 144 valence electrons. The summed E-state index contributed by atoms with van der Waals surface area (Å²) >= 11 is 0. The number of nitrogens with zero attached hydrogens (tertiary/aromatic N) is 3. The topological polar surface area (TPSA) is 72.5 Å². The van der Waals surface area contributed by atoms with Crippen molar-refractivity contribution in [2.24, 2.45) is 0 Å². The molecule has 7 nitrogen and oxygen atoms in total. The zero-order valence-corrected chi connectivity index (χ0v) is 16.1. The van der Waals surface area contributed by atoms with Gasteiger partial charge in [0.25, 0.3) is 0 Å². The minimum absolute atomic E-state index is 0.470. The van der Waals surface area contributed by atoms with Crippen molar-refractivity contribution in [1.29, 1.82) is 0 Å². The normalized spacial score (nSPS) is 11.3. The van der Waals surface area contributed by atoms with E-state index in [0.29, 0.717) is 29.7 Å². The lowest BCUT2D eigenvalue weighted by molar-refractivity contribution is 0.251. The average molecular weight is 378 g/mol. The summed E-state index contributed by atoms with van der Waals surface area (Å²) in [6.45, 7) is 1.36. The fourth-order valence-corrected chi connectivity index (χ4v) is 2.94. The molecule has 0 spiro atoms. The molecule has 2 heterocycles. The quantitative estimate of drug-likeness (QED) is 0.527. The van der Waals surface area contributed by atoms with Crippen LogP contribution in [0.25, 0.3) is 21.8 Å². The number of methoxy groups -OCH3 is 1. The van der Waals surface area contributed by atoms with E-state index < -0.39 is 0 Å². The summed E-state index contributed by atoms with van der Waals surface area (Å²) in [7, 11) is 5.62. The van der Waals surface area contributed by atoms with Gasteiger partial charge in [-0.1, -0.05) is 0 Å². The van der Waals surface area contributed by atoms with Crippen LogP contribution in [-0.4, -0.2) is 54.2 Å². The molecule has 4 rings (SSSR count). The molecule has 0 aliphatic rings. The number of nitrogens with one attached hydrogen (secondary N) is 1. The van der Waals surface area contributed by atoms with Crippen LogP contribution >= 0.6 is 0 Å². The predicted octanol–water partition coefficient (Wildman–Crippen LogP) is 3.85. The van der Waals surface area contributed by atoms with Crippen molar-refractivity contribution >= 4 is 21.8 Å². The molecule has 7 heteroatoms. The van der Waals surface area contributed by atoms with Gasteiger partial charge >= 0.3 is 0 Å². The van der Waals surface area contributed by atoms with Crippen molar-refractivity contribution in [3.05, 3.63) is 48.9 Å². The molecule has 0 aliphatic heterocycles. The second kappa shape index (κ2) is 7.74. The number of aromatic nitrogens is 3. The number of fused-ring (bicyclic) bond motifs is 2. The lowest BCUT2D eigenvalue weighted by Gasteiger charge is -2.15. The number of hydrogen-bond acceptors (Lipinski definition) is 6. The molecule has 0 aliphatic carbocycles. The third-order valence-corrected chi connectivity index (χ3v) is 4.42. The van der Waals surface area contributed by atoms with Crippen LogP contribution in [0.15, 0.2) is 48.9 Å². The Balaban J connectivity index is 1.66. The van der Waals surface area contributed by atoms with Crippen molar-refractivity contribution in [3.8, 4) is 23.1 Å². The van der Waals surface area contributed by atoms with Gasteiger partial charge in [-0.25, -0.2) is 9.97 Å². The molecular formula is C21H22N4O3. The Morgan fingerprint density at radius 2 is 1.93 bits per heavy atom. The van der Waals surface area contributed by atoms with E-state index in [1.54, 1.807) is 7.11 Å². The maximum Gasteiger partial charge on any atom is 0.230 e. The summed E-state index contributed by atoms with van der Waals surface area (Å²) in [4.78, 5) is 13.9. The van der Waals surface area contributed by atoms with Crippen LogP contribution in [0.5, 0.6) is 23.1 Å². The Labute approximate surface area is 162 Å². The Morgan fingerprint density at radius 3 is 2.75 bits per heavy atom. The van der Waals surface area contributed by atoms with Gasteiger partial charge in [-0.3, -0.25) is 0 Å². The highest BCUT2D eigenvalue weighted by molar-refractivity contribution is 5.87. The summed E-state index contributed by atoms with van der Waals surface area (Å²) in [5, 5.41) is 1.83. The van der Waals surface area contributed by atoms with Crippen molar-refractivity contribution in [3.63, 3.8) is 0 Å². The molecule has 0 bridgehead atoms. The van der Waals surface area contributed by atoms with Crippen LogP contribution in [0.2, 0.25) is 0 Å². The third kappa shape index (κ3) is 3.70. The molecule has 0 unspecified atom stereocenters. The summed E-state index contributed by atoms with van der Waals surface area (Å²) in [5.41, 5.74) is 1.79. The second-order valence-electron chi connectivity index (χ2n) is 6.68. The van der Waals surface area contributed by atoms with Crippen LogP contribution in [0, 0.1) is 0 Å². The Bertz CT molecular complexity index is 1110. The van der Waals surface area contributed by atoms with Crippen LogP contribution in [-0.2, 0) is 0 Å². The molecular weight excluding hydrogens is 356 g/mol. The standard InChI is InChI=1S/C21H22N4O3/c1-25(2)8-9-27-20-12-18-16(11-19(20)26-3)21(24-13-23-18)28-15-4-5-17-14(10-15)6-7-22-17/h4-7,10-13,22H,8-9H2,1-3H3. The van der Waals surface area contributed by atoms with Gasteiger partial charge in [-0.15, -0.1) is 0 Å². The molecule has 4 aromatic rings. The molecule has 0 saturated heterocycles. The minimum Gasteiger partial charge on any atom is -0.493 e. The van der Waals surface area contributed by atoms with E-state index in [4.69, 9.17) is 14.2 Å². The zero-order valence-electron chi connectivity index (χ0n) is 16.1. The highest BCUT2D eigenvalue weighted by Gasteiger charge is 2.13. The number of rotatable bonds is 7. The molecule has 0 saturated carbocycles. The third-order valence-electron chi connectivity index (χ3n) is 4.42. The highest BCUT2D eigenvalue weighted by Crippen LogP contribution is 2.36. The summed E-state index contributed by atoms with van der Waals surface area (Å²) in [5.74, 6) is 2.44. The number of likely N-dealkylation sites (N-methyl/N-ethyl adjacent to an activating group) is 1. The van der Waals surface area contributed by atoms with Gasteiger partial charge in [-0.05, 0) is 44.4 Å². The van der Waals surface area contributed by atoms with Crippen LogP contribution in [0.4, 0.5) is 0 Å². The molecule has 0 amide bonds. The number of ether oxygens (including phenoxy) is 3. The monoisotopic (exact) mass is 378 g/mol. The first kappa shape index (κ1) is 18.1. The van der Waals surface area contributed by atoms with Gasteiger partial charge < -0.3 is 24.1 Å². The minimum atomic E-state index is 0.470. The fourth-order valence-electron chi connectivity index (χ4n) is 2.94. The van der Waals surface area contributed by atoms with Crippen molar-refractivity contribution in [1.82, 2.24) is 19.9 Å². The number of benzene rings is 2. The summed E-state index contributed by atoms with van der Waals surface area (Å²) in [6, 6.07) is 11.6. The Kier molecular flexibility index (Phi) is 4.99. The first-order valence-electron chi connectivity index (χ1n) is 8.99. The smallest absolute Gasteiger partial charge is 0.230 e. The molecule has 0 fully saturated rings. The Morgan fingerprint density at radius 1 is 1.04 bits per heavy atom. The summed E-state index contributed by atoms with van der Waals surface area (Å²) in [6.07, 6.45) is 3.39. The van der Waals surface area contributed by atoms with E-state index in [1.807, 2.05) is 56.7 Å². The van der Waals surface area contributed by atoms with Gasteiger partial charge in [0, 0.05) is 29.7 Å². The van der Waals surface area contributed by atoms with E-state index in [0.717, 1.165) is 28.4 Å². The molecule has 2 aromatic carbocycles. The van der Waals surface area contributed by atoms with E-state index in [1.165, 1.54) is 6.33 Å².